The van der Waals surface area contributed by atoms with Gasteiger partial charge < -0.3 is 4.74 Å². The Morgan fingerprint density at radius 3 is 1.09 bits per heavy atom. The Balaban J connectivity index is 1.20. The maximum atomic E-state index is 5.95. The topological polar surface area (TPSA) is 9.23 Å². The number of rotatable bonds is 6. The van der Waals surface area contributed by atoms with Crippen molar-refractivity contribution in [3.8, 4) is 0 Å². The molecule has 6 rings (SSSR count). The first-order valence-corrected chi connectivity index (χ1v) is 12.1. The minimum atomic E-state index is 0.568. The fourth-order valence-corrected chi connectivity index (χ4v) is 4.99. The van der Waals surface area contributed by atoms with Crippen LogP contribution in [0.25, 0.3) is 55.2 Å². The molecule has 0 saturated carbocycles. The molecule has 0 amide bonds. The lowest BCUT2D eigenvalue weighted by molar-refractivity contribution is 0.195. The first-order chi connectivity index (χ1) is 17.4. The van der Waals surface area contributed by atoms with Gasteiger partial charge in [-0.05, 0) is 66.3 Å². The van der Waals surface area contributed by atoms with Crippen molar-refractivity contribution in [2.24, 2.45) is 0 Å². The van der Waals surface area contributed by atoms with E-state index in [1.165, 1.54) is 54.2 Å². The molecule has 6 aromatic rings. The van der Waals surface area contributed by atoms with Gasteiger partial charge in [0.05, 0.1) is 13.2 Å². The van der Waals surface area contributed by atoms with Gasteiger partial charge in [-0.25, -0.2) is 0 Å². The molecule has 6 aromatic carbocycles. The van der Waals surface area contributed by atoms with E-state index in [1.807, 2.05) is 0 Å². The van der Waals surface area contributed by atoms with Gasteiger partial charge in [0.1, 0.15) is 0 Å². The highest BCUT2D eigenvalue weighted by atomic mass is 16.5. The predicted octanol–water partition coefficient (Wildman–Crippen LogP) is 9.04. The van der Waals surface area contributed by atoms with E-state index < -0.39 is 0 Å². The van der Waals surface area contributed by atoms with Crippen LogP contribution in [0.4, 0.5) is 0 Å². The number of benzene rings is 6. The van der Waals surface area contributed by atoms with Gasteiger partial charge in [0.25, 0.3) is 0 Å². The molecule has 35 heavy (non-hydrogen) atoms. The van der Waals surface area contributed by atoms with Crippen molar-refractivity contribution in [2.75, 3.05) is 13.2 Å². The third-order valence-electron chi connectivity index (χ3n) is 6.62. The highest BCUT2D eigenvalue weighted by Gasteiger charge is 2.05. The SMILES string of the molecule is C(=Cc1c2ccccc2cc2ccccc12)COCC=Cc1c2ccccc2cc2ccccc12. The van der Waals surface area contributed by atoms with E-state index in [4.69, 9.17) is 4.74 Å². The normalized spacial score (nSPS) is 12.1. The lowest BCUT2D eigenvalue weighted by Gasteiger charge is -2.08. The van der Waals surface area contributed by atoms with E-state index in [0.717, 1.165) is 0 Å². The molecular formula is C34H26O. The number of fused-ring (bicyclic) bond motifs is 4. The summed E-state index contributed by atoms with van der Waals surface area (Å²) >= 11 is 0. The summed E-state index contributed by atoms with van der Waals surface area (Å²) in [5.74, 6) is 0. The van der Waals surface area contributed by atoms with Gasteiger partial charge in [-0.15, -0.1) is 0 Å². The molecular weight excluding hydrogens is 424 g/mol. The number of hydrogen-bond acceptors (Lipinski definition) is 1. The maximum absolute atomic E-state index is 5.95. The highest BCUT2D eigenvalue weighted by molar-refractivity contribution is 6.07. The molecule has 1 heteroatoms. The summed E-state index contributed by atoms with van der Waals surface area (Å²) < 4.78 is 5.95. The summed E-state index contributed by atoms with van der Waals surface area (Å²) in [6.07, 6.45) is 8.64. The minimum absolute atomic E-state index is 0.568. The third-order valence-corrected chi connectivity index (χ3v) is 6.62. The molecule has 0 fully saturated rings. The Morgan fingerprint density at radius 1 is 0.429 bits per heavy atom. The van der Waals surface area contributed by atoms with Gasteiger partial charge in [-0.2, -0.15) is 0 Å². The van der Waals surface area contributed by atoms with Gasteiger partial charge in [0.2, 0.25) is 0 Å². The summed E-state index contributed by atoms with van der Waals surface area (Å²) in [5, 5.41) is 10.1. The van der Waals surface area contributed by atoms with Gasteiger partial charge in [-0.3, -0.25) is 0 Å². The summed E-state index contributed by atoms with van der Waals surface area (Å²) in [4.78, 5) is 0. The fraction of sp³-hybridized carbons (Fsp3) is 0.0588. The molecule has 0 bridgehead atoms. The number of hydrogen-bond donors (Lipinski definition) is 0. The van der Waals surface area contributed by atoms with Crippen LogP contribution in [0.2, 0.25) is 0 Å². The van der Waals surface area contributed by atoms with Crippen LogP contribution < -0.4 is 0 Å². The van der Waals surface area contributed by atoms with Gasteiger partial charge in [0, 0.05) is 0 Å². The summed E-state index contributed by atoms with van der Waals surface area (Å²) in [5.41, 5.74) is 2.50. The lowest BCUT2D eigenvalue weighted by atomic mass is 9.96. The van der Waals surface area contributed by atoms with E-state index in [0.29, 0.717) is 13.2 Å². The first kappa shape index (κ1) is 21.3. The Kier molecular flexibility index (Phi) is 5.84. The van der Waals surface area contributed by atoms with Crippen LogP contribution in [0, 0.1) is 0 Å². The zero-order valence-electron chi connectivity index (χ0n) is 19.5. The second-order valence-electron chi connectivity index (χ2n) is 8.81. The monoisotopic (exact) mass is 450 g/mol. The molecule has 0 N–H and O–H groups in total. The molecule has 0 aromatic heterocycles. The smallest absolute Gasteiger partial charge is 0.0655 e. The standard InChI is InChI=1S/C34H26O/c1-5-15-29-25(11-1)23-26-12-2-6-16-30(26)33(29)19-9-21-35-22-10-20-34-31-17-7-3-13-27(31)24-28-14-4-8-18-32(28)34/h1-20,23-24H,21-22H2. The average Bonchev–Trinajstić information content (AvgIpc) is 2.91. The van der Waals surface area contributed by atoms with E-state index in [9.17, 15) is 0 Å². The quantitative estimate of drug-likeness (QED) is 0.182. The van der Waals surface area contributed by atoms with Gasteiger partial charge in [-0.1, -0.05) is 121 Å². The Morgan fingerprint density at radius 2 is 0.743 bits per heavy atom. The Labute approximate surface area is 205 Å². The van der Waals surface area contributed by atoms with Crippen LogP contribution >= 0.6 is 0 Å². The van der Waals surface area contributed by atoms with E-state index in [-0.39, 0.29) is 0 Å². The Hall–Kier alpha value is -4.20. The van der Waals surface area contributed by atoms with Crippen LogP contribution in [0.3, 0.4) is 0 Å². The highest BCUT2D eigenvalue weighted by Crippen LogP contribution is 2.30. The molecule has 0 spiro atoms. The van der Waals surface area contributed by atoms with Crippen LogP contribution in [0.1, 0.15) is 11.1 Å². The molecule has 0 aliphatic rings. The summed E-state index contributed by atoms with van der Waals surface area (Å²) in [6, 6.07) is 38.8. The van der Waals surface area contributed by atoms with Crippen LogP contribution in [0.15, 0.2) is 121 Å². The van der Waals surface area contributed by atoms with Crippen molar-refractivity contribution < 1.29 is 4.74 Å². The van der Waals surface area contributed by atoms with Crippen molar-refractivity contribution in [1.29, 1.82) is 0 Å². The van der Waals surface area contributed by atoms with Gasteiger partial charge in [0.15, 0.2) is 0 Å². The lowest BCUT2D eigenvalue weighted by Crippen LogP contribution is -1.91. The fourth-order valence-electron chi connectivity index (χ4n) is 4.99. The van der Waals surface area contributed by atoms with E-state index >= 15 is 0 Å². The van der Waals surface area contributed by atoms with Gasteiger partial charge >= 0.3 is 0 Å². The van der Waals surface area contributed by atoms with Crippen molar-refractivity contribution in [3.05, 3.63) is 132 Å². The molecule has 0 aliphatic carbocycles. The first-order valence-electron chi connectivity index (χ1n) is 12.1. The van der Waals surface area contributed by atoms with E-state index in [1.54, 1.807) is 0 Å². The van der Waals surface area contributed by atoms with Crippen LogP contribution in [0.5, 0.6) is 0 Å². The number of ether oxygens (including phenoxy) is 1. The van der Waals surface area contributed by atoms with Crippen LogP contribution in [-0.2, 0) is 4.74 Å². The zero-order chi connectivity index (χ0) is 23.5. The maximum Gasteiger partial charge on any atom is 0.0655 e. The molecule has 0 atom stereocenters. The van der Waals surface area contributed by atoms with Crippen molar-refractivity contribution in [2.45, 2.75) is 0 Å². The summed E-state index contributed by atoms with van der Waals surface area (Å²) in [7, 11) is 0. The van der Waals surface area contributed by atoms with Crippen LogP contribution in [-0.4, -0.2) is 13.2 Å². The molecule has 0 radical (unpaired) electrons. The third kappa shape index (κ3) is 4.23. The molecule has 0 saturated heterocycles. The van der Waals surface area contributed by atoms with Crippen molar-refractivity contribution >= 4 is 55.2 Å². The largest absolute Gasteiger partial charge is 0.373 e. The summed E-state index contributed by atoms with van der Waals surface area (Å²) in [6.45, 7) is 1.14. The van der Waals surface area contributed by atoms with Crippen molar-refractivity contribution in [3.63, 3.8) is 0 Å². The predicted molar refractivity (Wildman–Crippen MR) is 152 cm³/mol. The Bertz CT molecular complexity index is 1490. The minimum Gasteiger partial charge on any atom is -0.373 e. The molecule has 1 nitrogen and oxygen atoms in total. The molecule has 0 heterocycles. The molecule has 0 unspecified atom stereocenters. The molecule has 0 aliphatic heterocycles. The zero-order valence-corrected chi connectivity index (χ0v) is 19.5. The molecule has 168 valence electrons. The van der Waals surface area contributed by atoms with Crippen molar-refractivity contribution in [1.82, 2.24) is 0 Å². The van der Waals surface area contributed by atoms with E-state index in [2.05, 4.69) is 133 Å². The second kappa shape index (κ2) is 9.58. The average molecular weight is 451 g/mol. The second-order valence-corrected chi connectivity index (χ2v) is 8.81.